The van der Waals surface area contributed by atoms with Gasteiger partial charge in [0, 0.05) is 11.8 Å². The van der Waals surface area contributed by atoms with Gasteiger partial charge in [-0.15, -0.1) is 0 Å². The Kier molecular flexibility index (Phi) is 2.24. The van der Waals surface area contributed by atoms with E-state index in [1.807, 2.05) is 0 Å². The Hall–Kier alpha value is -1.37. The van der Waals surface area contributed by atoms with Crippen LogP contribution in [-0.2, 0) is 6.42 Å². The second kappa shape index (κ2) is 3.41. The fourth-order valence-corrected chi connectivity index (χ4v) is 1.56. The van der Waals surface area contributed by atoms with Crippen LogP contribution in [0.5, 0.6) is 0 Å². The van der Waals surface area contributed by atoms with Crippen molar-refractivity contribution in [3.05, 3.63) is 26.7 Å². The number of fused-ring (bicyclic) bond motifs is 1. The van der Waals surface area contributed by atoms with Crippen molar-refractivity contribution in [2.45, 2.75) is 6.42 Å². The highest BCUT2D eigenvalue weighted by molar-refractivity contribution is 9.09. The molecular formula is C7H7BrN4O2. The van der Waals surface area contributed by atoms with Gasteiger partial charge in [0.2, 0.25) is 0 Å². The van der Waals surface area contributed by atoms with Crippen molar-refractivity contribution in [1.29, 1.82) is 0 Å². The highest BCUT2D eigenvalue weighted by Crippen LogP contribution is 2.02. The average molecular weight is 259 g/mol. The molecule has 0 spiro atoms. The van der Waals surface area contributed by atoms with Crippen LogP contribution < -0.4 is 11.2 Å². The molecule has 0 bridgehead atoms. The van der Waals surface area contributed by atoms with Gasteiger partial charge in [-0.3, -0.25) is 14.8 Å². The Morgan fingerprint density at radius 3 is 2.71 bits per heavy atom. The third-order valence-corrected chi connectivity index (χ3v) is 2.17. The number of aromatic amines is 3. The summed E-state index contributed by atoms with van der Waals surface area (Å²) in [5, 5.41) is 0.745. The lowest BCUT2D eigenvalue weighted by atomic mass is 10.5. The lowest BCUT2D eigenvalue weighted by molar-refractivity contribution is 1.01. The van der Waals surface area contributed by atoms with Crippen LogP contribution in [0.1, 0.15) is 5.82 Å². The van der Waals surface area contributed by atoms with Gasteiger partial charge in [-0.2, -0.15) is 0 Å². The fraction of sp³-hybridized carbons (Fsp3) is 0.286. The first-order chi connectivity index (χ1) is 6.70. The van der Waals surface area contributed by atoms with Gasteiger partial charge >= 0.3 is 5.69 Å². The van der Waals surface area contributed by atoms with E-state index in [4.69, 9.17) is 0 Å². The lowest BCUT2D eigenvalue weighted by Gasteiger charge is -1.85. The van der Waals surface area contributed by atoms with E-state index in [-0.39, 0.29) is 0 Å². The van der Waals surface area contributed by atoms with Gasteiger partial charge in [0.15, 0.2) is 5.65 Å². The maximum atomic E-state index is 11.3. The van der Waals surface area contributed by atoms with Crippen molar-refractivity contribution in [3.63, 3.8) is 0 Å². The van der Waals surface area contributed by atoms with Gasteiger partial charge in [0.25, 0.3) is 5.56 Å². The number of nitrogens with one attached hydrogen (secondary N) is 3. The Labute approximate surface area is 85.9 Å². The molecule has 2 aromatic heterocycles. The SMILES string of the molecule is O=c1[nH]c(=O)c2[nH]c(CCBr)nc2[nH]1. The van der Waals surface area contributed by atoms with Gasteiger partial charge in [0.05, 0.1) is 0 Å². The van der Waals surface area contributed by atoms with E-state index >= 15 is 0 Å². The molecule has 0 aromatic carbocycles. The number of halogens is 1. The van der Waals surface area contributed by atoms with E-state index in [1.165, 1.54) is 0 Å². The normalized spacial score (nSPS) is 10.9. The molecule has 0 aliphatic heterocycles. The van der Waals surface area contributed by atoms with Crippen LogP contribution in [0.2, 0.25) is 0 Å². The molecule has 2 heterocycles. The molecule has 7 heteroatoms. The summed E-state index contributed by atoms with van der Waals surface area (Å²) in [7, 11) is 0. The maximum Gasteiger partial charge on any atom is 0.327 e. The largest absolute Gasteiger partial charge is 0.336 e. The zero-order valence-electron chi connectivity index (χ0n) is 7.06. The molecule has 0 aliphatic carbocycles. The smallest absolute Gasteiger partial charge is 0.327 e. The van der Waals surface area contributed by atoms with Gasteiger partial charge in [-0.05, 0) is 0 Å². The van der Waals surface area contributed by atoms with Gasteiger partial charge in [-0.1, -0.05) is 15.9 Å². The second-order valence-corrected chi connectivity index (χ2v) is 3.55. The van der Waals surface area contributed by atoms with Crippen molar-refractivity contribution in [2.24, 2.45) is 0 Å². The second-order valence-electron chi connectivity index (χ2n) is 2.75. The van der Waals surface area contributed by atoms with Crippen molar-refractivity contribution in [3.8, 4) is 0 Å². The number of H-pyrrole nitrogens is 3. The van der Waals surface area contributed by atoms with Crippen molar-refractivity contribution >= 4 is 27.1 Å². The summed E-state index contributed by atoms with van der Waals surface area (Å²) in [5.41, 5.74) is -0.383. The number of aromatic nitrogens is 4. The molecule has 2 rings (SSSR count). The third kappa shape index (κ3) is 1.50. The summed E-state index contributed by atoms with van der Waals surface area (Å²) < 4.78 is 0. The summed E-state index contributed by atoms with van der Waals surface area (Å²) in [5.74, 6) is 0.671. The van der Waals surface area contributed by atoms with E-state index in [2.05, 4.69) is 35.9 Å². The molecule has 0 amide bonds. The summed E-state index contributed by atoms with van der Waals surface area (Å²) >= 11 is 3.26. The first-order valence-corrected chi connectivity index (χ1v) is 5.10. The first kappa shape index (κ1) is 9.20. The van der Waals surface area contributed by atoms with Gasteiger partial charge < -0.3 is 4.98 Å². The topological polar surface area (TPSA) is 94.4 Å². The molecule has 0 atom stereocenters. The fourth-order valence-electron chi connectivity index (χ4n) is 1.19. The van der Waals surface area contributed by atoms with Crippen LogP contribution in [-0.4, -0.2) is 25.3 Å². The Morgan fingerprint density at radius 1 is 1.21 bits per heavy atom. The molecule has 6 nitrogen and oxygen atoms in total. The summed E-state index contributed by atoms with van der Waals surface area (Å²) in [6, 6.07) is 0. The monoisotopic (exact) mass is 258 g/mol. The zero-order chi connectivity index (χ0) is 10.1. The van der Waals surface area contributed by atoms with Crippen LogP contribution in [0.25, 0.3) is 11.2 Å². The molecule has 0 radical (unpaired) electrons. The Morgan fingerprint density at radius 2 is 2.00 bits per heavy atom. The average Bonchev–Trinajstić information content (AvgIpc) is 2.48. The van der Waals surface area contributed by atoms with Crippen molar-refractivity contribution < 1.29 is 0 Å². The number of rotatable bonds is 2. The van der Waals surface area contributed by atoms with Crippen LogP contribution >= 0.6 is 15.9 Å². The number of alkyl halides is 1. The van der Waals surface area contributed by atoms with Crippen molar-refractivity contribution in [1.82, 2.24) is 19.9 Å². The number of imidazole rings is 1. The minimum Gasteiger partial charge on any atom is -0.336 e. The minimum atomic E-state index is -0.542. The standard InChI is InChI=1S/C7H7BrN4O2/c8-2-1-3-9-4-5(10-3)11-7(14)12-6(4)13/h1-2H2,(H3,9,10,11,12,13,14). The number of aryl methyl sites for hydroxylation is 1. The molecule has 0 aliphatic rings. The minimum absolute atomic E-state index is 0.301. The van der Waals surface area contributed by atoms with Crippen LogP contribution in [0.3, 0.4) is 0 Å². The highest BCUT2D eigenvalue weighted by atomic mass is 79.9. The number of nitrogens with zero attached hydrogens (tertiary/aromatic N) is 1. The molecule has 0 saturated heterocycles. The molecule has 0 fully saturated rings. The number of hydrogen-bond donors (Lipinski definition) is 3. The molecule has 0 saturated carbocycles. The van der Waals surface area contributed by atoms with Crippen molar-refractivity contribution in [2.75, 3.05) is 5.33 Å². The van der Waals surface area contributed by atoms with E-state index in [0.29, 0.717) is 23.4 Å². The third-order valence-electron chi connectivity index (χ3n) is 1.77. The van der Waals surface area contributed by atoms with Gasteiger partial charge in [-0.25, -0.2) is 9.78 Å². The van der Waals surface area contributed by atoms with Crippen LogP contribution in [0.4, 0.5) is 0 Å². The summed E-state index contributed by atoms with van der Waals surface area (Å²) in [6.07, 6.45) is 0.677. The first-order valence-electron chi connectivity index (χ1n) is 3.98. The van der Waals surface area contributed by atoms with E-state index in [9.17, 15) is 9.59 Å². The summed E-state index contributed by atoms with van der Waals surface area (Å²) in [4.78, 5) is 33.6. The molecule has 0 unspecified atom stereocenters. The molecule has 14 heavy (non-hydrogen) atoms. The molecular weight excluding hydrogens is 252 g/mol. The van der Waals surface area contributed by atoms with E-state index in [0.717, 1.165) is 5.33 Å². The molecule has 3 N–H and O–H groups in total. The predicted octanol–water partition coefficient (Wildman–Crippen LogP) is -0.123. The highest BCUT2D eigenvalue weighted by Gasteiger charge is 2.06. The van der Waals surface area contributed by atoms with E-state index in [1.54, 1.807) is 0 Å². The van der Waals surface area contributed by atoms with Crippen LogP contribution in [0.15, 0.2) is 9.59 Å². The Balaban J connectivity index is 2.71. The Bertz CT molecular complexity index is 567. The predicted molar refractivity (Wildman–Crippen MR) is 54.8 cm³/mol. The van der Waals surface area contributed by atoms with Crippen LogP contribution in [0, 0.1) is 0 Å². The molecule has 2 aromatic rings. The quantitative estimate of drug-likeness (QED) is 0.656. The maximum absolute atomic E-state index is 11.3. The number of hydrogen-bond acceptors (Lipinski definition) is 3. The zero-order valence-corrected chi connectivity index (χ0v) is 8.64. The van der Waals surface area contributed by atoms with Gasteiger partial charge in [0.1, 0.15) is 11.3 Å². The summed E-state index contributed by atoms with van der Waals surface area (Å²) in [6.45, 7) is 0. The van der Waals surface area contributed by atoms with E-state index < -0.39 is 11.2 Å². The molecule has 74 valence electrons. The lowest BCUT2D eigenvalue weighted by Crippen LogP contribution is -2.21.